The van der Waals surface area contributed by atoms with Crippen molar-refractivity contribution < 1.29 is 4.74 Å². The van der Waals surface area contributed by atoms with Gasteiger partial charge in [0.05, 0.1) is 0 Å². The zero-order valence-electron chi connectivity index (χ0n) is 8.91. The maximum Gasteiger partial charge on any atom is 0.119 e. The maximum atomic E-state index is 5.81. The van der Waals surface area contributed by atoms with E-state index in [-0.39, 0.29) is 5.54 Å². The van der Waals surface area contributed by atoms with Crippen LogP contribution in [0, 0.1) is 0 Å². The zero-order valence-corrected chi connectivity index (χ0v) is 9.73. The molecule has 0 saturated heterocycles. The molecule has 2 nitrogen and oxygen atoms in total. The molecule has 0 fully saturated rings. The normalized spacial score (nSPS) is 11.4. The molecule has 0 amide bonds. The van der Waals surface area contributed by atoms with Gasteiger partial charge >= 0.3 is 0 Å². The molecule has 14 heavy (non-hydrogen) atoms. The van der Waals surface area contributed by atoms with Gasteiger partial charge in [-0.1, -0.05) is 0 Å². The van der Waals surface area contributed by atoms with Crippen molar-refractivity contribution in [3.8, 4) is 5.75 Å². The Labute approximate surface area is 89.8 Å². The van der Waals surface area contributed by atoms with Crippen LogP contribution in [0.2, 0.25) is 0 Å². The fraction of sp³-hybridized carbons (Fsp3) is 0.455. The topological polar surface area (TPSA) is 35.2 Å². The quantitative estimate of drug-likeness (QED) is 0.777. The van der Waals surface area contributed by atoms with Crippen LogP contribution in [0.1, 0.15) is 13.8 Å². The van der Waals surface area contributed by atoms with Gasteiger partial charge in [-0.25, -0.2) is 0 Å². The highest BCUT2D eigenvalue weighted by molar-refractivity contribution is 7.98. The molecule has 0 heterocycles. The summed E-state index contributed by atoms with van der Waals surface area (Å²) in [5.74, 6) is 0.876. The molecular formula is C11H17NOS. The number of hydrogen-bond donors (Lipinski definition) is 1. The number of ether oxygens (including phenoxy) is 1. The Hall–Kier alpha value is -0.670. The molecule has 0 atom stereocenters. The predicted octanol–water partition coefficient (Wildman–Crippen LogP) is 2.52. The van der Waals surface area contributed by atoms with Gasteiger partial charge in [-0.05, 0) is 44.4 Å². The van der Waals surface area contributed by atoms with E-state index in [9.17, 15) is 0 Å². The Morgan fingerprint density at radius 1 is 1.29 bits per heavy atom. The smallest absolute Gasteiger partial charge is 0.119 e. The highest BCUT2D eigenvalue weighted by atomic mass is 32.2. The molecular weight excluding hydrogens is 194 g/mol. The lowest BCUT2D eigenvalue weighted by Crippen LogP contribution is -2.38. The first-order chi connectivity index (χ1) is 6.51. The fourth-order valence-corrected chi connectivity index (χ4v) is 1.35. The largest absolute Gasteiger partial charge is 0.492 e. The number of benzene rings is 1. The number of rotatable bonds is 4. The van der Waals surface area contributed by atoms with Gasteiger partial charge < -0.3 is 10.5 Å². The molecule has 0 aliphatic carbocycles. The van der Waals surface area contributed by atoms with E-state index < -0.39 is 0 Å². The van der Waals surface area contributed by atoms with Crippen molar-refractivity contribution in [2.75, 3.05) is 12.9 Å². The van der Waals surface area contributed by atoms with Crippen molar-refractivity contribution in [2.45, 2.75) is 24.3 Å². The second-order valence-corrected chi connectivity index (χ2v) is 4.83. The van der Waals surface area contributed by atoms with E-state index >= 15 is 0 Å². The molecule has 78 valence electrons. The van der Waals surface area contributed by atoms with Crippen molar-refractivity contribution >= 4 is 11.8 Å². The van der Waals surface area contributed by atoms with Crippen LogP contribution in [0.25, 0.3) is 0 Å². The summed E-state index contributed by atoms with van der Waals surface area (Å²) in [6.45, 7) is 4.43. The van der Waals surface area contributed by atoms with Gasteiger partial charge in [-0.3, -0.25) is 0 Å². The van der Waals surface area contributed by atoms with Crippen LogP contribution in [-0.4, -0.2) is 18.4 Å². The van der Waals surface area contributed by atoms with Crippen LogP contribution in [0.15, 0.2) is 29.2 Å². The summed E-state index contributed by atoms with van der Waals surface area (Å²) in [5, 5.41) is 0. The van der Waals surface area contributed by atoms with Gasteiger partial charge in [0.15, 0.2) is 0 Å². The van der Waals surface area contributed by atoms with Crippen LogP contribution < -0.4 is 10.5 Å². The van der Waals surface area contributed by atoms with E-state index in [2.05, 4.69) is 6.26 Å². The number of hydrogen-bond acceptors (Lipinski definition) is 3. The molecule has 1 aromatic rings. The van der Waals surface area contributed by atoms with E-state index in [4.69, 9.17) is 10.5 Å². The molecule has 3 heteroatoms. The second-order valence-electron chi connectivity index (χ2n) is 3.95. The predicted molar refractivity (Wildman–Crippen MR) is 62.0 cm³/mol. The summed E-state index contributed by atoms with van der Waals surface area (Å²) in [4.78, 5) is 1.24. The average molecular weight is 211 g/mol. The molecule has 1 rings (SSSR count). The Bertz CT molecular complexity index is 276. The molecule has 0 spiro atoms. The lowest BCUT2D eigenvalue weighted by molar-refractivity contribution is 0.243. The third-order valence-electron chi connectivity index (χ3n) is 1.67. The van der Waals surface area contributed by atoms with Crippen molar-refractivity contribution in [2.24, 2.45) is 5.73 Å². The number of thioether (sulfide) groups is 1. The highest BCUT2D eigenvalue weighted by Crippen LogP contribution is 2.19. The first-order valence-corrected chi connectivity index (χ1v) is 5.79. The van der Waals surface area contributed by atoms with Crippen molar-refractivity contribution in [3.05, 3.63) is 24.3 Å². The fourth-order valence-electron chi connectivity index (χ4n) is 0.941. The minimum atomic E-state index is -0.280. The van der Waals surface area contributed by atoms with Crippen LogP contribution in [0.4, 0.5) is 0 Å². The minimum Gasteiger partial charge on any atom is -0.492 e. The minimum absolute atomic E-state index is 0.280. The van der Waals surface area contributed by atoms with Gasteiger partial charge in [-0.2, -0.15) is 0 Å². The molecule has 1 aromatic carbocycles. The van der Waals surface area contributed by atoms with E-state index in [1.54, 1.807) is 11.8 Å². The maximum absolute atomic E-state index is 5.81. The second kappa shape index (κ2) is 4.71. The van der Waals surface area contributed by atoms with E-state index in [1.807, 2.05) is 38.1 Å². The third-order valence-corrected chi connectivity index (χ3v) is 2.41. The molecule has 0 unspecified atom stereocenters. The lowest BCUT2D eigenvalue weighted by atomic mass is 10.1. The average Bonchev–Trinajstić information content (AvgIpc) is 2.14. The molecule has 2 N–H and O–H groups in total. The Kier molecular flexibility index (Phi) is 3.84. The van der Waals surface area contributed by atoms with E-state index in [0.29, 0.717) is 6.61 Å². The Morgan fingerprint density at radius 2 is 1.86 bits per heavy atom. The van der Waals surface area contributed by atoms with Crippen LogP contribution in [-0.2, 0) is 0 Å². The molecule has 0 aromatic heterocycles. The monoisotopic (exact) mass is 211 g/mol. The van der Waals surface area contributed by atoms with Crippen molar-refractivity contribution in [3.63, 3.8) is 0 Å². The first kappa shape index (κ1) is 11.4. The van der Waals surface area contributed by atoms with E-state index in [0.717, 1.165) is 5.75 Å². The molecule has 0 aliphatic rings. The first-order valence-electron chi connectivity index (χ1n) is 4.57. The van der Waals surface area contributed by atoms with Gasteiger partial charge in [0.25, 0.3) is 0 Å². The van der Waals surface area contributed by atoms with Gasteiger partial charge in [0, 0.05) is 10.4 Å². The standard InChI is InChI=1S/C11H17NOS/c1-11(2,12)8-13-9-4-6-10(14-3)7-5-9/h4-7H,8,12H2,1-3H3. The number of nitrogens with two attached hydrogens (primary N) is 1. The van der Waals surface area contributed by atoms with Crippen molar-refractivity contribution in [1.29, 1.82) is 0 Å². The van der Waals surface area contributed by atoms with Gasteiger partial charge in [0.1, 0.15) is 12.4 Å². The molecule has 0 aliphatic heterocycles. The van der Waals surface area contributed by atoms with Gasteiger partial charge in [-0.15, -0.1) is 11.8 Å². The molecule has 0 radical (unpaired) electrons. The summed E-state index contributed by atoms with van der Waals surface area (Å²) >= 11 is 1.72. The van der Waals surface area contributed by atoms with Crippen LogP contribution in [0.5, 0.6) is 5.75 Å². The third kappa shape index (κ3) is 4.03. The summed E-state index contributed by atoms with van der Waals surface area (Å²) < 4.78 is 5.54. The highest BCUT2D eigenvalue weighted by Gasteiger charge is 2.10. The summed E-state index contributed by atoms with van der Waals surface area (Å²) in [5.41, 5.74) is 5.53. The Balaban J connectivity index is 2.52. The SMILES string of the molecule is CSc1ccc(OCC(C)(C)N)cc1. The summed E-state index contributed by atoms with van der Waals surface area (Å²) in [7, 11) is 0. The lowest BCUT2D eigenvalue weighted by Gasteiger charge is -2.18. The molecule has 0 saturated carbocycles. The summed E-state index contributed by atoms with van der Waals surface area (Å²) in [6, 6.07) is 8.03. The zero-order chi connectivity index (χ0) is 10.6. The molecule has 0 bridgehead atoms. The van der Waals surface area contributed by atoms with Gasteiger partial charge in [0.2, 0.25) is 0 Å². The Morgan fingerprint density at radius 3 is 2.29 bits per heavy atom. The van der Waals surface area contributed by atoms with Crippen LogP contribution >= 0.6 is 11.8 Å². The van der Waals surface area contributed by atoms with Crippen LogP contribution in [0.3, 0.4) is 0 Å². The van der Waals surface area contributed by atoms with Crippen molar-refractivity contribution in [1.82, 2.24) is 0 Å². The van der Waals surface area contributed by atoms with E-state index in [1.165, 1.54) is 4.90 Å². The summed E-state index contributed by atoms with van der Waals surface area (Å²) in [6.07, 6.45) is 2.05.